The van der Waals surface area contributed by atoms with Crippen LogP contribution in [-0.4, -0.2) is 34.1 Å². The molecule has 1 saturated carbocycles. The largest absolute Gasteiger partial charge is 0.404 e. The minimum absolute atomic E-state index is 0.0315. The Bertz CT molecular complexity index is 1210. The van der Waals surface area contributed by atoms with Crippen molar-refractivity contribution in [2.75, 3.05) is 18.8 Å². The summed E-state index contributed by atoms with van der Waals surface area (Å²) in [6.45, 7) is 3.50. The van der Waals surface area contributed by atoms with Crippen LogP contribution in [0.25, 0.3) is 11.5 Å². The second-order valence-corrected chi connectivity index (χ2v) is 8.97. The Hall–Kier alpha value is -3.66. The molecule has 1 amide bonds. The molecular weight excluding hydrogens is 414 g/mol. The molecule has 3 aromatic rings. The highest BCUT2D eigenvalue weighted by molar-refractivity contribution is 5.97. The van der Waals surface area contributed by atoms with Gasteiger partial charge in [0.15, 0.2) is 0 Å². The van der Waals surface area contributed by atoms with Crippen LogP contribution in [-0.2, 0) is 6.42 Å². The fourth-order valence-electron chi connectivity index (χ4n) is 4.83. The van der Waals surface area contributed by atoms with Gasteiger partial charge in [-0.05, 0) is 78.8 Å². The number of aryl methyl sites for hydroxylation is 1. The van der Waals surface area contributed by atoms with E-state index in [0.29, 0.717) is 41.9 Å². The number of nitriles is 1. The van der Waals surface area contributed by atoms with Crippen LogP contribution in [0.2, 0.25) is 0 Å². The van der Waals surface area contributed by atoms with E-state index in [2.05, 4.69) is 29.3 Å². The molecule has 0 unspecified atom stereocenters. The number of hydrogen-bond acceptors (Lipinski definition) is 6. The number of benzene rings is 2. The van der Waals surface area contributed by atoms with E-state index in [0.717, 1.165) is 43.2 Å². The van der Waals surface area contributed by atoms with Gasteiger partial charge >= 0.3 is 6.01 Å². The fraction of sp³-hybridized carbons (Fsp3) is 0.385. The second-order valence-electron chi connectivity index (χ2n) is 8.97. The predicted molar refractivity (Wildman–Crippen MR) is 125 cm³/mol. The van der Waals surface area contributed by atoms with Crippen molar-refractivity contribution in [1.29, 1.82) is 5.26 Å². The van der Waals surface area contributed by atoms with E-state index in [1.54, 1.807) is 0 Å². The van der Waals surface area contributed by atoms with Crippen molar-refractivity contribution in [3.63, 3.8) is 0 Å². The van der Waals surface area contributed by atoms with Crippen molar-refractivity contribution in [2.24, 2.45) is 0 Å². The molecule has 0 spiro atoms. The van der Waals surface area contributed by atoms with Crippen molar-refractivity contribution >= 4 is 11.9 Å². The van der Waals surface area contributed by atoms with Crippen LogP contribution in [0.1, 0.15) is 77.1 Å². The van der Waals surface area contributed by atoms with E-state index in [1.807, 2.05) is 35.2 Å². The molecule has 0 bridgehead atoms. The first kappa shape index (κ1) is 21.2. The summed E-state index contributed by atoms with van der Waals surface area (Å²) in [5, 5.41) is 16.9. The molecule has 2 N–H and O–H groups in total. The SMILES string of the molecule is CCc1cc(C2CC2)c(-c2nnc(N)o2)cc1C(=O)N1CCC(c2ccc(C#N)cc2)CC1. The Kier molecular flexibility index (Phi) is 5.59. The van der Waals surface area contributed by atoms with Gasteiger partial charge in [0.25, 0.3) is 5.91 Å². The summed E-state index contributed by atoms with van der Waals surface area (Å²) in [6, 6.07) is 14.1. The van der Waals surface area contributed by atoms with Gasteiger partial charge in [0.05, 0.1) is 11.6 Å². The van der Waals surface area contributed by atoms with E-state index in [4.69, 9.17) is 15.4 Å². The number of carbonyl (C=O) groups is 1. The first-order valence-electron chi connectivity index (χ1n) is 11.6. The number of carbonyl (C=O) groups excluding carboxylic acids is 1. The average Bonchev–Trinajstić information content (AvgIpc) is 3.63. The number of hydrogen-bond donors (Lipinski definition) is 1. The zero-order valence-electron chi connectivity index (χ0n) is 18.8. The Labute approximate surface area is 193 Å². The van der Waals surface area contributed by atoms with Crippen molar-refractivity contribution < 1.29 is 9.21 Å². The molecule has 5 rings (SSSR count). The van der Waals surface area contributed by atoms with Crippen molar-refractivity contribution in [2.45, 2.75) is 50.9 Å². The molecule has 2 aromatic carbocycles. The van der Waals surface area contributed by atoms with Gasteiger partial charge in [-0.25, -0.2) is 0 Å². The number of aromatic nitrogens is 2. The van der Waals surface area contributed by atoms with Gasteiger partial charge in [-0.15, -0.1) is 5.10 Å². The third kappa shape index (κ3) is 4.21. The van der Waals surface area contributed by atoms with Crippen LogP contribution in [0, 0.1) is 11.3 Å². The van der Waals surface area contributed by atoms with Gasteiger partial charge in [0, 0.05) is 24.2 Å². The maximum atomic E-state index is 13.6. The molecule has 2 aliphatic rings. The number of amides is 1. The van der Waals surface area contributed by atoms with Crippen LogP contribution in [0.5, 0.6) is 0 Å². The monoisotopic (exact) mass is 441 g/mol. The van der Waals surface area contributed by atoms with Gasteiger partial charge in [-0.2, -0.15) is 5.26 Å². The summed E-state index contributed by atoms with van der Waals surface area (Å²) in [5.74, 6) is 1.32. The van der Waals surface area contributed by atoms with Crippen molar-refractivity contribution in [1.82, 2.24) is 15.1 Å². The third-order valence-electron chi connectivity index (χ3n) is 6.87. The van der Waals surface area contributed by atoms with E-state index >= 15 is 0 Å². The van der Waals surface area contributed by atoms with E-state index in [-0.39, 0.29) is 11.9 Å². The normalized spacial score (nSPS) is 16.5. The van der Waals surface area contributed by atoms with Crippen molar-refractivity contribution in [3.8, 4) is 17.5 Å². The lowest BCUT2D eigenvalue weighted by Crippen LogP contribution is -2.38. The maximum Gasteiger partial charge on any atom is 0.313 e. The summed E-state index contributed by atoms with van der Waals surface area (Å²) in [5.41, 5.74) is 11.4. The lowest BCUT2D eigenvalue weighted by molar-refractivity contribution is 0.0712. The molecule has 0 atom stereocenters. The molecule has 1 aliphatic heterocycles. The van der Waals surface area contributed by atoms with Crippen molar-refractivity contribution in [3.05, 3.63) is 64.2 Å². The predicted octanol–water partition coefficient (Wildman–Crippen LogP) is 4.65. The van der Waals surface area contributed by atoms with Crippen LogP contribution in [0.15, 0.2) is 40.8 Å². The number of piperidine rings is 1. The number of rotatable bonds is 5. The molecule has 1 aliphatic carbocycles. The molecule has 168 valence electrons. The molecule has 7 nitrogen and oxygen atoms in total. The van der Waals surface area contributed by atoms with Gasteiger partial charge < -0.3 is 15.1 Å². The Morgan fingerprint density at radius 3 is 2.42 bits per heavy atom. The zero-order valence-corrected chi connectivity index (χ0v) is 18.8. The number of nitrogens with two attached hydrogens (primary N) is 1. The smallest absolute Gasteiger partial charge is 0.313 e. The van der Waals surface area contributed by atoms with Gasteiger partial charge in [0.1, 0.15) is 0 Å². The third-order valence-corrected chi connectivity index (χ3v) is 6.87. The van der Waals surface area contributed by atoms with E-state index in [1.165, 1.54) is 11.1 Å². The fourth-order valence-corrected chi connectivity index (χ4v) is 4.83. The Morgan fingerprint density at radius 2 is 1.85 bits per heavy atom. The number of nitrogens with zero attached hydrogens (tertiary/aromatic N) is 4. The second kappa shape index (κ2) is 8.70. The average molecular weight is 442 g/mol. The summed E-state index contributed by atoms with van der Waals surface area (Å²) >= 11 is 0. The molecule has 2 fully saturated rings. The topological polar surface area (TPSA) is 109 Å². The Morgan fingerprint density at radius 1 is 1.12 bits per heavy atom. The quantitative estimate of drug-likeness (QED) is 0.617. The molecule has 0 radical (unpaired) electrons. The lowest BCUT2D eigenvalue weighted by atomic mass is 9.88. The van der Waals surface area contributed by atoms with Crippen LogP contribution < -0.4 is 5.73 Å². The number of anilines is 1. The zero-order chi connectivity index (χ0) is 22.9. The maximum absolute atomic E-state index is 13.6. The van der Waals surface area contributed by atoms with Gasteiger partial charge in [-0.3, -0.25) is 4.79 Å². The molecule has 2 heterocycles. The number of likely N-dealkylation sites (tertiary alicyclic amines) is 1. The molecular formula is C26H27N5O2. The minimum Gasteiger partial charge on any atom is -0.404 e. The highest BCUT2D eigenvalue weighted by atomic mass is 16.4. The highest BCUT2D eigenvalue weighted by Gasteiger charge is 2.31. The number of nitrogen functional groups attached to an aromatic ring is 1. The summed E-state index contributed by atoms with van der Waals surface area (Å²) in [4.78, 5) is 15.5. The molecule has 33 heavy (non-hydrogen) atoms. The molecule has 1 aromatic heterocycles. The molecule has 1 saturated heterocycles. The van der Waals surface area contributed by atoms with E-state index in [9.17, 15) is 4.79 Å². The minimum atomic E-state index is 0.0315. The lowest BCUT2D eigenvalue weighted by Gasteiger charge is -2.33. The van der Waals surface area contributed by atoms with Gasteiger partial charge in [0.2, 0.25) is 5.89 Å². The van der Waals surface area contributed by atoms with Gasteiger partial charge in [-0.1, -0.05) is 30.2 Å². The summed E-state index contributed by atoms with van der Waals surface area (Å²) in [6.07, 6.45) is 4.87. The standard InChI is InChI=1S/C26H27N5O2/c1-2-17-13-21(20-7-8-20)23(24-29-30-26(28)33-24)14-22(17)25(32)31-11-9-19(10-12-31)18-5-3-16(15-27)4-6-18/h3-6,13-14,19-20H,2,7-12H2,1H3,(H2,28,30). The molecule has 7 heteroatoms. The Balaban J connectivity index is 1.38. The first-order valence-corrected chi connectivity index (χ1v) is 11.6. The van der Waals surface area contributed by atoms with Crippen LogP contribution in [0.3, 0.4) is 0 Å². The van der Waals surface area contributed by atoms with E-state index < -0.39 is 0 Å². The summed E-state index contributed by atoms with van der Waals surface area (Å²) < 4.78 is 5.53. The highest BCUT2D eigenvalue weighted by Crippen LogP contribution is 2.45. The summed E-state index contributed by atoms with van der Waals surface area (Å²) in [7, 11) is 0. The van der Waals surface area contributed by atoms with Crippen LogP contribution >= 0.6 is 0 Å². The first-order chi connectivity index (χ1) is 16.1. The van der Waals surface area contributed by atoms with Crippen LogP contribution in [0.4, 0.5) is 6.01 Å².